The average molecular weight is 405 g/mol. The molecule has 1 aliphatic heterocycles. The number of carboxylic acid groups (broad SMARTS) is 1. The summed E-state index contributed by atoms with van der Waals surface area (Å²) < 4.78 is 11.8. The lowest BCUT2D eigenvalue weighted by atomic mass is 9.67. The van der Waals surface area contributed by atoms with Gasteiger partial charge in [-0.25, -0.2) is 0 Å². The molecule has 6 heteroatoms. The Morgan fingerprint density at radius 3 is 2.55 bits per heavy atom. The number of fused-ring (bicyclic) bond motifs is 2. The first kappa shape index (κ1) is 20.6. The first-order valence-electron chi connectivity index (χ1n) is 11.0. The fourth-order valence-corrected chi connectivity index (χ4v) is 6.64. The Kier molecular flexibility index (Phi) is 4.72. The summed E-state index contributed by atoms with van der Waals surface area (Å²) in [5, 5.41) is 9.99. The van der Waals surface area contributed by atoms with E-state index in [9.17, 15) is 19.5 Å². The Labute approximate surface area is 172 Å². The van der Waals surface area contributed by atoms with Gasteiger partial charge in [0.2, 0.25) is 0 Å². The van der Waals surface area contributed by atoms with Crippen LogP contribution in [0.25, 0.3) is 0 Å². The second-order valence-electron chi connectivity index (χ2n) is 9.92. The summed E-state index contributed by atoms with van der Waals surface area (Å²) in [7, 11) is 0. The summed E-state index contributed by atoms with van der Waals surface area (Å²) in [5.74, 6) is -1.58. The van der Waals surface area contributed by atoms with Crippen LogP contribution in [0.5, 0.6) is 0 Å². The molecule has 6 nitrogen and oxygen atoms in total. The summed E-state index contributed by atoms with van der Waals surface area (Å²) in [5.41, 5.74) is -1.88. The van der Waals surface area contributed by atoms with Crippen molar-refractivity contribution in [2.24, 2.45) is 22.7 Å². The molecular formula is C23H32O6. The molecule has 1 spiro atoms. The van der Waals surface area contributed by atoms with E-state index in [0.29, 0.717) is 24.8 Å². The SMILES string of the molecule is C=C1C(=O)[C@H]2O[C@]23C[C@H]2C[C@@](C)(C(=O)O)[C@H](OC(=O)CCCCCCC)[C@H]2[C@]13C. The van der Waals surface area contributed by atoms with Crippen molar-refractivity contribution in [2.45, 2.75) is 89.9 Å². The topological polar surface area (TPSA) is 93.2 Å². The van der Waals surface area contributed by atoms with Crippen molar-refractivity contribution in [3.05, 3.63) is 12.2 Å². The number of Topliss-reactive ketones (excluding diaryl/α,β-unsaturated/α-hetero) is 1. The van der Waals surface area contributed by atoms with Crippen molar-refractivity contribution in [3.8, 4) is 0 Å². The molecule has 1 heterocycles. The lowest BCUT2D eigenvalue weighted by molar-refractivity contribution is -0.170. The molecule has 160 valence electrons. The van der Waals surface area contributed by atoms with E-state index in [4.69, 9.17) is 9.47 Å². The molecular weight excluding hydrogens is 372 g/mol. The van der Waals surface area contributed by atoms with E-state index >= 15 is 0 Å². The van der Waals surface area contributed by atoms with Gasteiger partial charge in [-0.05, 0) is 32.1 Å². The van der Waals surface area contributed by atoms with Crippen molar-refractivity contribution >= 4 is 17.7 Å². The Bertz CT molecular complexity index is 773. The minimum atomic E-state index is -1.16. The standard InChI is InChI=1S/C23H32O6/c1-5-6-7-8-9-10-15(24)28-18-16-14(11-21(18,3)20(26)27)12-23-19(29-23)17(25)13(2)22(16,23)4/h14,16,18-19H,2,5-12H2,1,3-4H3,(H,26,27)/t14-,16+,18-,19-,21-,22+,23-/m1/s1. The van der Waals surface area contributed by atoms with Gasteiger partial charge < -0.3 is 14.6 Å². The zero-order valence-electron chi connectivity index (χ0n) is 17.7. The fourth-order valence-electron chi connectivity index (χ4n) is 6.64. The number of carbonyl (C=O) groups excluding carboxylic acids is 2. The molecule has 4 aliphatic rings. The van der Waals surface area contributed by atoms with E-state index in [1.807, 2.05) is 6.92 Å². The molecule has 0 amide bonds. The van der Waals surface area contributed by atoms with E-state index in [2.05, 4.69) is 13.5 Å². The predicted octanol–water partition coefficient (Wildman–Crippen LogP) is 3.67. The van der Waals surface area contributed by atoms with Gasteiger partial charge in [0.1, 0.15) is 17.1 Å². The van der Waals surface area contributed by atoms with E-state index < -0.39 is 34.6 Å². The van der Waals surface area contributed by atoms with Crippen molar-refractivity contribution in [1.82, 2.24) is 0 Å². The normalized spacial score (nSPS) is 44.4. The molecule has 3 saturated carbocycles. The third-order valence-electron chi connectivity index (χ3n) is 8.35. The number of rotatable bonds is 8. The zero-order valence-corrected chi connectivity index (χ0v) is 17.7. The first-order chi connectivity index (χ1) is 13.6. The maximum absolute atomic E-state index is 12.6. The Morgan fingerprint density at radius 1 is 1.21 bits per heavy atom. The molecule has 0 radical (unpaired) electrons. The van der Waals surface area contributed by atoms with Gasteiger partial charge in [-0.3, -0.25) is 14.4 Å². The summed E-state index contributed by atoms with van der Waals surface area (Å²) >= 11 is 0. The number of epoxide rings is 1. The number of hydrogen-bond donors (Lipinski definition) is 1. The lowest BCUT2D eigenvalue weighted by Gasteiger charge is -2.39. The van der Waals surface area contributed by atoms with Crippen LogP contribution in [0.2, 0.25) is 0 Å². The van der Waals surface area contributed by atoms with Crippen LogP contribution in [0.4, 0.5) is 0 Å². The summed E-state index contributed by atoms with van der Waals surface area (Å²) in [6.45, 7) is 9.83. The molecule has 1 saturated heterocycles. The second-order valence-corrected chi connectivity index (χ2v) is 9.92. The monoisotopic (exact) mass is 404 g/mol. The molecule has 0 aromatic rings. The van der Waals surface area contributed by atoms with Crippen LogP contribution >= 0.6 is 0 Å². The molecule has 0 aromatic heterocycles. The van der Waals surface area contributed by atoms with Crippen molar-refractivity contribution in [2.75, 3.05) is 0 Å². The van der Waals surface area contributed by atoms with Crippen LogP contribution in [-0.2, 0) is 23.9 Å². The molecule has 4 rings (SSSR count). The van der Waals surface area contributed by atoms with Gasteiger partial charge in [0.05, 0.1) is 0 Å². The van der Waals surface area contributed by atoms with Gasteiger partial charge in [0.25, 0.3) is 0 Å². The summed E-state index contributed by atoms with van der Waals surface area (Å²) in [6, 6.07) is 0. The summed E-state index contributed by atoms with van der Waals surface area (Å²) in [6.07, 6.45) is 5.24. The van der Waals surface area contributed by atoms with Crippen molar-refractivity contribution < 1.29 is 29.0 Å². The Balaban J connectivity index is 1.55. The third kappa shape index (κ3) is 2.60. The Hall–Kier alpha value is -1.69. The zero-order chi connectivity index (χ0) is 21.2. The number of ketones is 1. The molecule has 0 bridgehead atoms. The van der Waals surface area contributed by atoms with Crippen LogP contribution in [0.3, 0.4) is 0 Å². The number of unbranched alkanes of at least 4 members (excludes halogenated alkanes) is 4. The van der Waals surface area contributed by atoms with Crippen molar-refractivity contribution in [3.63, 3.8) is 0 Å². The third-order valence-corrected chi connectivity index (χ3v) is 8.35. The van der Waals surface area contributed by atoms with Gasteiger partial charge in [-0.2, -0.15) is 0 Å². The largest absolute Gasteiger partial charge is 0.481 e. The molecule has 1 N–H and O–H groups in total. The highest BCUT2D eigenvalue weighted by Gasteiger charge is 2.86. The van der Waals surface area contributed by atoms with Gasteiger partial charge in [0.15, 0.2) is 11.9 Å². The second kappa shape index (κ2) is 6.66. The highest BCUT2D eigenvalue weighted by Crippen LogP contribution is 2.77. The van der Waals surface area contributed by atoms with Gasteiger partial charge >= 0.3 is 11.9 Å². The number of aliphatic carboxylic acids is 1. The number of carbonyl (C=O) groups is 3. The molecule has 0 aromatic carbocycles. The van der Waals surface area contributed by atoms with E-state index in [1.165, 1.54) is 0 Å². The number of hydrogen-bond acceptors (Lipinski definition) is 5. The average Bonchev–Trinajstić information content (AvgIpc) is 3.21. The smallest absolute Gasteiger partial charge is 0.313 e. The predicted molar refractivity (Wildman–Crippen MR) is 105 cm³/mol. The molecule has 0 unspecified atom stereocenters. The molecule has 29 heavy (non-hydrogen) atoms. The highest BCUT2D eigenvalue weighted by molar-refractivity contribution is 6.07. The Morgan fingerprint density at radius 2 is 1.90 bits per heavy atom. The molecule has 3 aliphatic carbocycles. The number of carboxylic acids is 1. The van der Waals surface area contributed by atoms with Gasteiger partial charge in [-0.15, -0.1) is 0 Å². The maximum Gasteiger partial charge on any atom is 0.313 e. The first-order valence-corrected chi connectivity index (χ1v) is 11.0. The molecule has 4 fully saturated rings. The number of esters is 1. The minimum absolute atomic E-state index is 0.0401. The molecule has 7 atom stereocenters. The van der Waals surface area contributed by atoms with E-state index in [1.54, 1.807) is 6.92 Å². The van der Waals surface area contributed by atoms with Gasteiger partial charge in [0, 0.05) is 23.3 Å². The fraction of sp³-hybridized carbons (Fsp3) is 0.783. The lowest BCUT2D eigenvalue weighted by Crippen LogP contribution is -2.48. The van der Waals surface area contributed by atoms with Gasteiger partial charge in [-0.1, -0.05) is 46.1 Å². The van der Waals surface area contributed by atoms with Crippen molar-refractivity contribution in [1.29, 1.82) is 0 Å². The van der Waals surface area contributed by atoms with Crippen LogP contribution in [0.1, 0.15) is 72.1 Å². The summed E-state index contributed by atoms with van der Waals surface area (Å²) in [4.78, 5) is 37.4. The van der Waals surface area contributed by atoms with E-state index in [0.717, 1.165) is 32.1 Å². The van der Waals surface area contributed by atoms with Crippen LogP contribution in [-0.4, -0.2) is 40.6 Å². The highest BCUT2D eigenvalue weighted by atomic mass is 16.6. The number of ether oxygens (including phenoxy) is 2. The minimum Gasteiger partial charge on any atom is -0.481 e. The van der Waals surface area contributed by atoms with Crippen LogP contribution in [0.15, 0.2) is 12.2 Å². The quantitative estimate of drug-likeness (QED) is 0.287. The van der Waals surface area contributed by atoms with E-state index in [-0.39, 0.29) is 23.6 Å². The maximum atomic E-state index is 12.6. The van der Waals surface area contributed by atoms with Crippen LogP contribution in [0, 0.1) is 22.7 Å². The van der Waals surface area contributed by atoms with Crippen LogP contribution < -0.4 is 0 Å².